The average molecular weight is 412 g/mol. The Morgan fingerprint density at radius 1 is 1.07 bits per heavy atom. The molecular weight excluding hydrogens is 382 g/mol. The van der Waals surface area contributed by atoms with E-state index in [-0.39, 0.29) is 30.0 Å². The molecule has 0 saturated carbocycles. The second-order valence-corrected chi connectivity index (χ2v) is 7.38. The standard InChI is InChI=1S/C23H29N3O4/c1-4-17(2)24-23(28)18(3)25(15-14-19-10-6-5-7-11-19)22(27)16-20-12-8-9-13-21(20)26(29)30/h5-13,17-18H,4,14-16H2,1-3H3,(H,24,28)/t17-,18+/m1/s1. The van der Waals surface area contributed by atoms with Crippen LogP contribution in [-0.4, -0.2) is 40.3 Å². The van der Waals surface area contributed by atoms with E-state index in [0.29, 0.717) is 18.5 Å². The van der Waals surface area contributed by atoms with E-state index in [2.05, 4.69) is 5.32 Å². The molecule has 1 N–H and O–H groups in total. The van der Waals surface area contributed by atoms with Gasteiger partial charge in [0.05, 0.1) is 11.3 Å². The van der Waals surface area contributed by atoms with Crippen molar-refractivity contribution in [2.75, 3.05) is 6.54 Å². The van der Waals surface area contributed by atoms with Gasteiger partial charge in [0.1, 0.15) is 6.04 Å². The molecule has 0 aromatic heterocycles. The smallest absolute Gasteiger partial charge is 0.273 e. The third-order valence-corrected chi connectivity index (χ3v) is 5.18. The first-order chi connectivity index (χ1) is 14.3. The van der Waals surface area contributed by atoms with E-state index < -0.39 is 11.0 Å². The van der Waals surface area contributed by atoms with Crippen molar-refractivity contribution in [1.29, 1.82) is 0 Å². The number of rotatable bonds is 10. The number of nitro benzene ring substituents is 1. The van der Waals surface area contributed by atoms with E-state index in [9.17, 15) is 19.7 Å². The third-order valence-electron chi connectivity index (χ3n) is 5.18. The fourth-order valence-corrected chi connectivity index (χ4v) is 3.14. The van der Waals surface area contributed by atoms with Gasteiger partial charge in [-0.3, -0.25) is 19.7 Å². The molecule has 0 aliphatic heterocycles. The molecule has 0 heterocycles. The minimum absolute atomic E-state index is 0.00114. The van der Waals surface area contributed by atoms with Crippen LogP contribution in [0.2, 0.25) is 0 Å². The normalized spacial score (nSPS) is 12.6. The van der Waals surface area contributed by atoms with Crippen molar-refractivity contribution in [3.05, 3.63) is 75.8 Å². The van der Waals surface area contributed by atoms with Gasteiger partial charge in [0.2, 0.25) is 11.8 Å². The Hall–Kier alpha value is -3.22. The molecule has 0 saturated heterocycles. The molecule has 2 aromatic carbocycles. The van der Waals surface area contributed by atoms with Gasteiger partial charge in [0.15, 0.2) is 0 Å². The summed E-state index contributed by atoms with van der Waals surface area (Å²) in [6.07, 6.45) is 1.24. The second kappa shape index (κ2) is 11.1. The summed E-state index contributed by atoms with van der Waals surface area (Å²) in [7, 11) is 0. The lowest BCUT2D eigenvalue weighted by Gasteiger charge is -2.29. The number of amides is 2. The summed E-state index contributed by atoms with van der Waals surface area (Å²) in [6, 6.07) is 15.2. The summed E-state index contributed by atoms with van der Waals surface area (Å²) in [5.41, 5.74) is 1.30. The van der Waals surface area contributed by atoms with E-state index in [4.69, 9.17) is 0 Å². The predicted molar refractivity (Wildman–Crippen MR) is 116 cm³/mol. The molecule has 0 radical (unpaired) electrons. The molecule has 7 heteroatoms. The maximum absolute atomic E-state index is 13.1. The van der Waals surface area contributed by atoms with E-state index >= 15 is 0 Å². The lowest BCUT2D eigenvalue weighted by molar-refractivity contribution is -0.385. The van der Waals surface area contributed by atoms with Gasteiger partial charge >= 0.3 is 0 Å². The minimum atomic E-state index is -0.682. The molecule has 0 bridgehead atoms. The molecule has 0 spiro atoms. The third kappa shape index (κ3) is 6.40. The zero-order valence-corrected chi connectivity index (χ0v) is 17.7. The van der Waals surface area contributed by atoms with Gasteiger partial charge in [0, 0.05) is 24.2 Å². The topological polar surface area (TPSA) is 92.6 Å². The zero-order chi connectivity index (χ0) is 22.1. The van der Waals surface area contributed by atoms with E-state index in [1.54, 1.807) is 25.1 Å². The molecule has 0 fully saturated rings. The van der Waals surface area contributed by atoms with Gasteiger partial charge in [-0.05, 0) is 32.3 Å². The predicted octanol–water partition coefficient (Wildman–Crippen LogP) is 3.51. The molecule has 0 aliphatic carbocycles. The highest BCUT2D eigenvalue weighted by Gasteiger charge is 2.28. The van der Waals surface area contributed by atoms with Gasteiger partial charge in [-0.15, -0.1) is 0 Å². The van der Waals surface area contributed by atoms with Crippen LogP contribution in [0.25, 0.3) is 0 Å². The van der Waals surface area contributed by atoms with Crippen molar-refractivity contribution >= 4 is 17.5 Å². The summed E-state index contributed by atoms with van der Waals surface area (Å²) in [6.45, 7) is 5.93. The number of carbonyl (C=O) groups is 2. The molecule has 2 rings (SSSR count). The fourth-order valence-electron chi connectivity index (χ4n) is 3.14. The Labute approximate surface area is 177 Å². The molecule has 2 amide bonds. The van der Waals surface area contributed by atoms with Crippen LogP contribution >= 0.6 is 0 Å². The summed E-state index contributed by atoms with van der Waals surface area (Å²) in [5, 5.41) is 14.2. The maximum atomic E-state index is 13.1. The number of nitrogens with one attached hydrogen (secondary N) is 1. The molecule has 30 heavy (non-hydrogen) atoms. The lowest BCUT2D eigenvalue weighted by atomic mass is 10.1. The Bertz CT molecular complexity index is 870. The molecule has 7 nitrogen and oxygen atoms in total. The largest absolute Gasteiger partial charge is 0.352 e. The van der Waals surface area contributed by atoms with Crippen molar-refractivity contribution in [1.82, 2.24) is 10.2 Å². The highest BCUT2D eigenvalue weighted by atomic mass is 16.6. The van der Waals surface area contributed by atoms with Crippen molar-refractivity contribution in [3.8, 4) is 0 Å². The van der Waals surface area contributed by atoms with Crippen LogP contribution in [0.1, 0.15) is 38.3 Å². The summed E-state index contributed by atoms with van der Waals surface area (Å²) < 4.78 is 0. The first kappa shape index (κ1) is 23.1. The number of para-hydroxylation sites is 1. The quantitative estimate of drug-likeness (QED) is 0.478. The Kier molecular flexibility index (Phi) is 8.53. The summed E-state index contributed by atoms with van der Waals surface area (Å²) in [5.74, 6) is -0.541. The highest BCUT2D eigenvalue weighted by molar-refractivity contribution is 5.88. The molecule has 2 atom stereocenters. The number of benzene rings is 2. The van der Waals surface area contributed by atoms with Gasteiger partial charge in [0.25, 0.3) is 5.69 Å². The van der Waals surface area contributed by atoms with Gasteiger partial charge in [-0.1, -0.05) is 55.5 Å². The first-order valence-corrected chi connectivity index (χ1v) is 10.2. The molecule has 2 aromatic rings. The van der Waals surface area contributed by atoms with Gasteiger partial charge in [-0.25, -0.2) is 0 Å². The van der Waals surface area contributed by atoms with E-state index in [0.717, 1.165) is 12.0 Å². The van der Waals surface area contributed by atoms with Crippen LogP contribution in [0.4, 0.5) is 5.69 Å². The van der Waals surface area contributed by atoms with Crippen LogP contribution in [0, 0.1) is 10.1 Å². The van der Waals surface area contributed by atoms with Crippen LogP contribution in [0.15, 0.2) is 54.6 Å². The number of nitro groups is 1. The summed E-state index contributed by atoms with van der Waals surface area (Å²) >= 11 is 0. The number of hydrogen-bond donors (Lipinski definition) is 1. The average Bonchev–Trinajstić information content (AvgIpc) is 2.74. The van der Waals surface area contributed by atoms with Crippen molar-refractivity contribution < 1.29 is 14.5 Å². The Morgan fingerprint density at radius 3 is 2.33 bits per heavy atom. The van der Waals surface area contributed by atoms with Crippen molar-refractivity contribution in [3.63, 3.8) is 0 Å². The van der Waals surface area contributed by atoms with Crippen LogP contribution < -0.4 is 5.32 Å². The van der Waals surface area contributed by atoms with E-state index in [1.165, 1.54) is 11.0 Å². The Balaban J connectivity index is 2.21. The second-order valence-electron chi connectivity index (χ2n) is 7.38. The lowest BCUT2D eigenvalue weighted by Crippen LogP contribution is -2.50. The Morgan fingerprint density at radius 2 is 1.70 bits per heavy atom. The monoisotopic (exact) mass is 411 g/mol. The molecule has 0 unspecified atom stereocenters. The van der Waals surface area contributed by atoms with Crippen molar-refractivity contribution in [2.45, 2.75) is 52.1 Å². The molecule has 160 valence electrons. The van der Waals surface area contributed by atoms with Gasteiger partial charge in [-0.2, -0.15) is 0 Å². The van der Waals surface area contributed by atoms with Crippen LogP contribution in [-0.2, 0) is 22.4 Å². The zero-order valence-electron chi connectivity index (χ0n) is 17.7. The maximum Gasteiger partial charge on any atom is 0.273 e. The minimum Gasteiger partial charge on any atom is -0.352 e. The number of hydrogen-bond acceptors (Lipinski definition) is 4. The molecule has 0 aliphatic rings. The summed E-state index contributed by atoms with van der Waals surface area (Å²) in [4.78, 5) is 38.1. The first-order valence-electron chi connectivity index (χ1n) is 10.2. The van der Waals surface area contributed by atoms with Crippen molar-refractivity contribution in [2.24, 2.45) is 0 Å². The number of carbonyl (C=O) groups excluding carboxylic acids is 2. The van der Waals surface area contributed by atoms with E-state index in [1.807, 2.05) is 44.2 Å². The molecular formula is C23H29N3O4. The van der Waals surface area contributed by atoms with Crippen LogP contribution in [0.3, 0.4) is 0 Å². The SMILES string of the molecule is CC[C@@H](C)NC(=O)[C@H](C)N(CCc1ccccc1)C(=O)Cc1ccccc1[N+](=O)[O-]. The van der Waals surface area contributed by atoms with Gasteiger partial charge < -0.3 is 10.2 Å². The number of nitrogens with zero attached hydrogens (tertiary/aromatic N) is 2. The highest BCUT2D eigenvalue weighted by Crippen LogP contribution is 2.19. The fraction of sp³-hybridized carbons (Fsp3) is 0.391. The van der Waals surface area contributed by atoms with Crippen LogP contribution in [0.5, 0.6) is 0 Å².